The Kier molecular flexibility index (Phi) is 8.06. The summed E-state index contributed by atoms with van der Waals surface area (Å²) < 4.78 is 56.4. The normalized spacial score (nSPS) is 14.7. The molecule has 2 heterocycles. The Labute approximate surface area is 238 Å². The lowest BCUT2D eigenvalue weighted by atomic mass is 10.2. The first-order valence-electron chi connectivity index (χ1n) is 13.4. The van der Waals surface area contributed by atoms with Crippen LogP contribution in [0.15, 0.2) is 90.2 Å². The van der Waals surface area contributed by atoms with Crippen molar-refractivity contribution in [3.05, 3.63) is 85.3 Å². The van der Waals surface area contributed by atoms with E-state index in [1.54, 1.807) is 37.6 Å². The first kappa shape index (κ1) is 30.0. The number of benzene rings is 2. The van der Waals surface area contributed by atoms with E-state index in [-0.39, 0.29) is 22.3 Å². The maximum Gasteiger partial charge on any atom is 0.261 e. The second-order valence-corrected chi connectivity index (χ2v) is 19.4. The Morgan fingerprint density at radius 3 is 1.93 bits per heavy atom. The summed E-state index contributed by atoms with van der Waals surface area (Å²) >= 11 is 0. The fraction of sp³-hybridized carbons (Fsp3) is 0.387. The first-order chi connectivity index (χ1) is 18.6. The highest BCUT2D eigenvalue weighted by atomic mass is 32.2. The Balaban J connectivity index is 1.67. The molecule has 0 aliphatic rings. The van der Waals surface area contributed by atoms with E-state index in [2.05, 4.69) is 50.0 Å². The van der Waals surface area contributed by atoms with Gasteiger partial charge in [0.25, 0.3) is 8.32 Å². The van der Waals surface area contributed by atoms with Crippen molar-refractivity contribution < 1.29 is 22.0 Å². The predicted molar refractivity (Wildman–Crippen MR) is 161 cm³/mol. The fourth-order valence-electron chi connectivity index (χ4n) is 4.86. The molecule has 0 spiro atoms. The van der Waals surface area contributed by atoms with Crippen molar-refractivity contribution in [3.63, 3.8) is 0 Å². The molecule has 6 nitrogen and oxygen atoms in total. The predicted octanol–water partition coefficient (Wildman–Crippen LogP) is 5.59. The SMILES string of the molecule is CC(F)(COc1cc2nccn2cc1S(=O)(=O)C(C)(C)C)CO[Si](c1ccccc1)(c1ccccc1)C(C)(C)C. The van der Waals surface area contributed by atoms with Crippen LogP contribution in [-0.2, 0) is 14.3 Å². The molecule has 214 valence electrons. The van der Waals surface area contributed by atoms with E-state index in [1.807, 2.05) is 36.4 Å². The Morgan fingerprint density at radius 1 is 0.875 bits per heavy atom. The van der Waals surface area contributed by atoms with Crippen molar-refractivity contribution in [2.75, 3.05) is 13.2 Å². The van der Waals surface area contributed by atoms with Crippen molar-refractivity contribution in [1.29, 1.82) is 0 Å². The molecule has 40 heavy (non-hydrogen) atoms. The molecular weight excluding hydrogens is 544 g/mol. The summed E-state index contributed by atoms with van der Waals surface area (Å²) in [5.41, 5.74) is -1.41. The monoisotopic (exact) mass is 582 g/mol. The molecular formula is C31H39FN2O4SSi. The zero-order valence-corrected chi connectivity index (χ0v) is 26.1. The molecule has 0 saturated heterocycles. The lowest BCUT2D eigenvalue weighted by molar-refractivity contribution is 0.0459. The van der Waals surface area contributed by atoms with Gasteiger partial charge in [0, 0.05) is 24.7 Å². The maximum absolute atomic E-state index is 16.2. The minimum Gasteiger partial charge on any atom is -0.489 e. The van der Waals surface area contributed by atoms with Gasteiger partial charge in [-0.2, -0.15) is 0 Å². The molecule has 1 atom stereocenters. The number of hydrogen-bond acceptors (Lipinski definition) is 5. The van der Waals surface area contributed by atoms with Gasteiger partial charge in [-0.1, -0.05) is 81.4 Å². The largest absolute Gasteiger partial charge is 0.489 e. The molecule has 0 amide bonds. The van der Waals surface area contributed by atoms with Crippen molar-refractivity contribution >= 4 is 34.2 Å². The number of imidazole rings is 1. The van der Waals surface area contributed by atoms with Gasteiger partial charge < -0.3 is 13.6 Å². The van der Waals surface area contributed by atoms with Gasteiger partial charge >= 0.3 is 0 Å². The average Bonchev–Trinajstić information content (AvgIpc) is 3.35. The van der Waals surface area contributed by atoms with Crippen LogP contribution >= 0.6 is 0 Å². The summed E-state index contributed by atoms with van der Waals surface area (Å²) in [6.45, 7) is 12.1. The summed E-state index contributed by atoms with van der Waals surface area (Å²) in [5, 5.41) is 1.79. The Bertz CT molecular complexity index is 1520. The molecule has 2 aromatic heterocycles. The van der Waals surface area contributed by atoms with E-state index in [4.69, 9.17) is 9.16 Å². The molecule has 1 unspecified atom stereocenters. The standard InChI is InChI=1S/C31H39FN2O4SSi/c1-29(2,3)39(35,36)27-21-34-19-18-33-28(34)20-26(27)37-22-31(7,32)23-38-40(30(4,5)6,24-14-10-8-11-15-24)25-16-12-9-13-17-25/h8-21H,22-23H2,1-7H3. The number of ether oxygens (including phenoxy) is 1. The van der Waals surface area contributed by atoms with Crippen LogP contribution in [0, 0.1) is 0 Å². The molecule has 4 rings (SSSR count). The van der Waals surface area contributed by atoms with Gasteiger partial charge in [-0.05, 0) is 43.1 Å². The number of nitrogens with zero attached hydrogens (tertiary/aromatic N) is 2. The summed E-state index contributed by atoms with van der Waals surface area (Å²) in [5.74, 6) is 0.0722. The lowest BCUT2D eigenvalue weighted by Crippen LogP contribution is -2.67. The summed E-state index contributed by atoms with van der Waals surface area (Å²) in [6.07, 6.45) is 4.72. The minimum atomic E-state index is -3.79. The van der Waals surface area contributed by atoms with E-state index in [9.17, 15) is 8.42 Å². The third-order valence-corrected chi connectivity index (χ3v) is 14.6. The number of halogens is 1. The molecule has 0 N–H and O–H groups in total. The van der Waals surface area contributed by atoms with Crippen molar-refractivity contribution in [2.24, 2.45) is 0 Å². The molecule has 0 fully saturated rings. The van der Waals surface area contributed by atoms with Crippen LogP contribution in [0.3, 0.4) is 0 Å². The van der Waals surface area contributed by atoms with E-state index in [0.717, 1.165) is 10.4 Å². The summed E-state index contributed by atoms with van der Waals surface area (Å²) in [4.78, 5) is 4.24. The first-order valence-corrected chi connectivity index (χ1v) is 16.8. The van der Waals surface area contributed by atoms with Crippen molar-refractivity contribution in [1.82, 2.24) is 9.38 Å². The van der Waals surface area contributed by atoms with Gasteiger partial charge in [0.05, 0.1) is 11.4 Å². The second kappa shape index (κ2) is 10.8. The number of rotatable bonds is 9. The van der Waals surface area contributed by atoms with Crippen molar-refractivity contribution in [3.8, 4) is 5.75 Å². The smallest absolute Gasteiger partial charge is 0.261 e. The van der Waals surface area contributed by atoms with Gasteiger partial charge in [-0.15, -0.1) is 0 Å². The van der Waals surface area contributed by atoms with E-state index < -0.39 is 35.2 Å². The van der Waals surface area contributed by atoms with Gasteiger partial charge in [0.15, 0.2) is 15.5 Å². The van der Waals surface area contributed by atoms with Crippen LogP contribution < -0.4 is 15.1 Å². The molecule has 0 aliphatic carbocycles. The summed E-state index contributed by atoms with van der Waals surface area (Å²) in [7, 11) is -6.76. The highest BCUT2D eigenvalue weighted by Crippen LogP contribution is 2.38. The Hall–Kier alpha value is -3.01. The molecule has 0 radical (unpaired) electrons. The quantitative estimate of drug-likeness (QED) is 0.241. The number of pyridine rings is 1. The Morgan fingerprint density at radius 2 is 1.43 bits per heavy atom. The number of aromatic nitrogens is 2. The zero-order chi connectivity index (χ0) is 29.4. The number of alkyl halides is 1. The van der Waals surface area contributed by atoms with Crippen molar-refractivity contribution in [2.45, 2.75) is 68.8 Å². The average molecular weight is 583 g/mol. The van der Waals surface area contributed by atoms with E-state index in [0.29, 0.717) is 5.65 Å². The van der Waals surface area contributed by atoms with Crippen LogP contribution in [0.5, 0.6) is 5.75 Å². The van der Waals surface area contributed by atoms with E-state index >= 15 is 4.39 Å². The lowest BCUT2D eigenvalue weighted by Gasteiger charge is -2.44. The highest BCUT2D eigenvalue weighted by Gasteiger charge is 2.51. The second-order valence-electron chi connectivity index (χ2n) is 12.5. The topological polar surface area (TPSA) is 69.9 Å². The number of fused-ring (bicyclic) bond motifs is 1. The molecule has 0 saturated carbocycles. The van der Waals surface area contributed by atoms with Crippen LogP contribution in [-0.4, -0.2) is 49.7 Å². The van der Waals surface area contributed by atoms with Crippen LogP contribution in [0.2, 0.25) is 5.04 Å². The van der Waals surface area contributed by atoms with E-state index in [1.165, 1.54) is 19.2 Å². The molecule has 2 aromatic carbocycles. The van der Waals surface area contributed by atoms with Crippen LogP contribution in [0.25, 0.3) is 5.65 Å². The van der Waals surface area contributed by atoms with Gasteiger partial charge in [0.1, 0.15) is 22.9 Å². The zero-order valence-electron chi connectivity index (χ0n) is 24.3. The summed E-state index contributed by atoms with van der Waals surface area (Å²) in [6, 6.07) is 21.6. The fourth-order valence-corrected chi connectivity index (χ4v) is 10.8. The molecule has 9 heteroatoms. The third-order valence-electron chi connectivity index (χ3n) is 7.09. The van der Waals surface area contributed by atoms with Crippen LogP contribution in [0.1, 0.15) is 48.5 Å². The van der Waals surface area contributed by atoms with Gasteiger partial charge in [-0.25, -0.2) is 17.8 Å². The minimum absolute atomic E-state index is 0.00537. The van der Waals surface area contributed by atoms with Gasteiger partial charge in [-0.3, -0.25) is 0 Å². The maximum atomic E-state index is 16.2. The van der Waals surface area contributed by atoms with Gasteiger partial charge in [0.2, 0.25) is 0 Å². The number of hydrogen-bond donors (Lipinski definition) is 0. The molecule has 4 aromatic rings. The number of sulfone groups is 1. The third kappa shape index (κ3) is 5.73. The highest BCUT2D eigenvalue weighted by molar-refractivity contribution is 7.92. The molecule has 0 bridgehead atoms. The molecule has 0 aliphatic heterocycles. The van der Waals surface area contributed by atoms with Crippen LogP contribution in [0.4, 0.5) is 4.39 Å².